The SMILES string of the molecule is CC(C)(C)NC(=O)NC[C@@H]1CC(=O)N(Cc2ccc(F)cc2)C1. The maximum atomic E-state index is 12.9. The highest BCUT2D eigenvalue weighted by Gasteiger charge is 2.29. The highest BCUT2D eigenvalue weighted by molar-refractivity contribution is 5.79. The molecule has 6 heteroatoms. The first-order valence-corrected chi connectivity index (χ1v) is 7.81. The predicted octanol–water partition coefficient (Wildman–Crippen LogP) is 2.27. The average Bonchev–Trinajstić information content (AvgIpc) is 2.78. The lowest BCUT2D eigenvalue weighted by atomic mass is 10.1. The van der Waals surface area contributed by atoms with Crippen LogP contribution in [0.5, 0.6) is 0 Å². The number of nitrogens with zero attached hydrogens (tertiary/aromatic N) is 1. The molecule has 0 aliphatic carbocycles. The predicted molar refractivity (Wildman–Crippen MR) is 86.2 cm³/mol. The van der Waals surface area contributed by atoms with Crippen LogP contribution in [0.1, 0.15) is 32.8 Å². The summed E-state index contributed by atoms with van der Waals surface area (Å²) in [6.07, 6.45) is 0.428. The van der Waals surface area contributed by atoms with Gasteiger partial charge in [0, 0.05) is 37.5 Å². The largest absolute Gasteiger partial charge is 0.338 e. The maximum Gasteiger partial charge on any atom is 0.315 e. The van der Waals surface area contributed by atoms with Gasteiger partial charge in [-0.2, -0.15) is 0 Å². The first-order chi connectivity index (χ1) is 10.7. The Hall–Kier alpha value is -2.11. The van der Waals surface area contributed by atoms with Crippen molar-refractivity contribution >= 4 is 11.9 Å². The summed E-state index contributed by atoms with van der Waals surface area (Å²) >= 11 is 0. The van der Waals surface area contributed by atoms with Crippen molar-refractivity contribution in [2.45, 2.75) is 39.3 Å². The van der Waals surface area contributed by atoms with E-state index in [2.05, 4.69) is 10.6 Å². The Balaban J connectivity index is 1.80. The van der Waals surface area contributed by atoms with Gasteiger partial charge in [-0.3, -0.25) is 4.79 Å². The molecule has 1 saturated heterocycles. The van der Waals surface area contributed by atoms with Gasteiger partial charge in [0.2, 0.25) is 5.91 Å². The van der Waals surface area contributed by atoms with Crippen LogP contribution in [-0.4, -0.2) is 35.5 Å². The number of hydrogen-bond acceptors (Lipinski definition) is 2. The summed E-state index contributed by atoms with van der Waals surface area (Å²) in [6, 6.07) is 5.94. The molecule has 1 aromatic rings. The zero-order valence-electron chi connectivity index (χ0n) is 13.9. The fourth-order valence-corrected chi connectivity index (χ4v) is 2.58. The summed E-state index contributed by atoms with van der Waals surface area (Å²) in [6.45, 7) is 7.28. The molecular weight excluding hydrogens is 297 g/mol. The standard InChI is InChI=1S/C17H24FN3O2/c1-17(2,3)20-16(23)19-9-13-8-15(22)21(11-13)10-12-4-6-14(18)7-5-12/h4-7,13H,8-11H2,1-3H3,(H2,19,20,23)/t13-/m0/s1. The van der Waals surface area contributed by atoms with Gasteiger partial charge in [0.05, 0.1) is 0 Å². The van der Waals surface area contributed by atoms with Gasteiger partial charge in [0.15, 0.2) is 0 Å². The molecule has 23 heavy (non-hydrogen) atoms. The van der Waals surface area contributed by atoms with E-state index >= 15 is 0 Å². The van der Waals surface area contributed by atoms with Gasteiger partial charge in [-0.1, -0.05) is 12.1 Å². The second kappa shape index (κ2) is 6.98. The molecule has 0 unspecified atom stereocenters. The van der Waals surface area contributed by atoms with Crippen LogP contribution in [0.15, 0.2) is 24.3 Å². The minimum absolute atomic E-state index is 0.0670. The molecule has 0 radical (unpaired) electrons. The second-order valence-corrected chi connectivity index (χ2v) is 7.06. The molecular formula is C17H24FN3O2. The van der Waals surface area contributed by atoms with Crippen molar-refractivity contribution in [2.24, 2.45) is 5.92 Å². The van der Waals surface area contributed by atoms with Gasteiger partial charge in [-0.15, -0.1) is 0 Å². The lowest BCUT2D eigenvalue weighted by Crippen LogP contribution is -2.47. The number of likely N-dealkylation sites (tertiary alicyclic amines) is 1. The third-order valence-corrected chi connectivity index (χ3v) is 3.62. The van der Waals surface area contributed by atoms with E-state index in [1.807, 2.05) is 20.8 Å². The van der Waals surface area contributed by atoms with Crippen LogP contribution < -0.4 is 10.6 Å². The van der Waals surface area contributed by atoms with Crippen LogP contribution in [0.25, 0.3) is 0 Å². The summed E-state index contributed by atoms with van der Waals surface area (Å²) < 4.78 is 12.9. The van der Waals surface area contributed by atoms with Gasteiger partial charge in [-0.25, -0.2) is 9.18 Å². The fourth-order valence-electron chi connectivity index (χ4n) is 2.58. The van der Waals surface area contributed by atoms with Gasteiger partial charge >= 0.3 is 6.03 Å². The van der Waals surface area contributed by atoms with Crippen LogP contribution in [0.3, 0.4) is 0 Å². The number of carbonyl (C=O) groups is 2. The van der Waals surface area contributed by atoms with E-state index in [0.717, 1.165) is 5.56 Å². The highest BCUT2D eigenvalue weighted by Crippen LogP contribution is 2.19. The number of carbonyl (C=O) groups excluding carboxylic acids is 2. The van der Waals surface area contributed by atoms with Crippen molar-refractivity contribution in [3.63, 3.8) is 0 Å². The van der Waals surface area contributed by atoms with Gasteiger partial charge < -0.3 is 15.5 Å². The number of nitrogens with one attached hydrogen (secondary N) is 2. The Morgan fingerprint density at radius 3 is 2.57 bits per heavy atom. The number of amides is 3. The summed E-state index contributed by atoms with van der Waals surface area (Å²) in [5.74, 6) is -0.112. The quantitative estimate of drug-likeness (QED) is 0.894. The van der Waals surface area contributed by atoms with Crippen molar-refractivity contribution < 1.29 is 14.0 Å². The molecule has 1 fully saturated rings. The minimum Gasteiger partial charge on any atom is -0.338 e. The van der Waals surface area contributed by atoms with Crippen LogP contribution in [-0.2, 0) is 11.3 Å². The van der Waals surface area contributed by atoms with Gasteiger partial charge in [0.25, 0.3) is 0 Å². The molecule has 1 heterocycles. The van der Waals surface area contributed by atoms with E-state index in [-0.39, 0.29) is 29.2 Å². The summed E-state index contributed by atoms with van der Waals surface area (Å²) in [7, 11) is 0. The van der Waals surface area contributed by atoms with E-state index in [1.165, 1.54) is 12.1 Å². The van der Waals surface area contributed by atoms with Crippen LogP contribution >= 0.6 is 0 Å². The first kappa shape index (κ1) is 17.2. The second-order valence-electron chi connectivity index (χ2n) is 7.06. The van der Waals surface area contributed by atoms with Crippen molar-refractivity contribution in [1.82, 2.24) is 15.5 Å². The number of benzene rings is 1. The highest BCUT2D eigenvalue weighted by atomic mass is 19.1. The van der Waals surface area contributed by atoms with E-state index in [9.17, 15) is 14.0 Å². The van der Waals surface area contributed by atoms with E-state index < -0.39 is 0 Å². The molecule has 0 bridgehead atoms. The number of rotatable bonds is 4. The molecule has 2 N–H and O–H groups in total. The van der Waals surface area contributed by atoms with Crippen LogP contribution in [0.2, 0.25) is 0 Å². The topological polar surface area (TPSA) is 61.4 Å². The average molecular weight is 321 g/mol. The molecule has 5 nitrogen and oxygen atoms in total. The minimum atomic E-state index is -0.288. The Bertz CT molecular complexity index is 566. The van der Waals surface area contributed by atoms with Crippen LogP contribution in [0.4, 0.5) is 9.18 Å². The van der Waals surface area contributed by atoms with E-state index in [0.29, 0.717) is 26.1 Å². The van der Waals surface area contributed by atoms with Gasteiger partial charge in [0.1, 0.15) is 5.82 Å². The van der Waals surface area contributed by atoms with Crippen molar-refractivity contribution in [1.29, 1.82) is 0 Å². The van der Waals surface area contributed by atoms with Crippen molar-refractivity contribution in [3.05, 3.63) is 35.6 Å². The fraction of sp³-hybridized carbons (Fsp3) is 0.529. The molecule has 126 valence electrons. The molecule has 1 aliphatic rings. The maximum absolute atomic E-state index is 12.9. The number of urea groups is 1. The normalized spacial score (nSPS) is 18.2. The van der Waals surface area contributed by atoms with Crippen LogP contribution in [0, 0.1) is 11.7 Å². The molecule has 0 spiro atoms. The molecule has 0 aromatic heterocycles. The third kappa shape index (κ3) is 5.54. The zero-order valence-corrected chi connectivity index (χ0v) is 13.9. The monoisotopic (exact) mass is 321 g/mol. The smallest absolute Gasteiger partial charge is 0.315 e. The summed E-state index contributed by atoms with van der Waals surface area (Å²) in [4.78, 5) is 25.5. The Kier molecular flexibility index (Phi) is 5.23. The van der Waals surface area contributed by atoms with Crippen molar-refractivity contribution in [3.8, 4) is 0 Å². The molecule has 1 atom stereocenters. The molecule has 2 rings (SSSR count). The van der Waals surface area contributed by atoms with E-state index in [1.54, 1.807) is 17.0 Å². The van der Waals surface area contributed by atoms with Crippen molar-refractivity contribution in [2.75, 3.05) is 13.1 Å². The molecule has 3 amide bonds. The Labute approximate surface area is 136 Å². The Morgan fingerprint density at radius 1 is 1.30 bits per heavy atom. The lowest BCUT2D eigenvalue weighted by Gasteiger charge is -2.21. The molecule has 1 aliphatic heterocycles. The number of hydrogen-bond donors (Lipinski definition) is 2. The third-order valence-electron chi connectivity index (χ3n) is 3.62. The first-order valence-electron chi connectivity index (χ1n) is 7.81. The van der Waals surface area contributed by atoms with E-state index in [4.69, 9.17) is 0 Å². The molecule has 0 saturated carbocycles. The van der Waals surface area contributed by atoms with Gasteiger partial charge in [-0.05, 0) is 38.5 Å². The summed E-state index contributed by atoms with van der Waals surface area (Å²) in [5, 5.41) is 5.64. The summed E-state index contributed by atoms with van der Waals surface area (Å²) in [5.41, 5.74) is 0.614. The zero-order chi connectivity index (χ0) is 17.0. The lowest BCUT2D eigenvalue weighted by molar-refractivity contribution is -0.128. The Morgan fingerprint density at radius 2 is 1.96 bits per heavy atom. The molecule has 1 aromatic carbocycles. The number of halogens is 1.